The summed E-state index contributed by atoms with van der Waals surface area (Å²) in [4.78, 5) is 14.1. The molecule has 3 heterocycles. The van der Waals surface area contributed by atoms with E-state index >= 15 is 0 Å². The predicted molar refractivity (Wildman–Crippen MR) is 97.2 cm³/mol. The summed E-state index contributed by atoms with van der Waals surface area (Å²) >= 11 is 3.45. The molecule has 0 N–H and O–H groups in total. The van der Waals surface area contributed by atoms with Gasteiger partial charge in [-0.05, 0) is 0 Å². The van der Waals surface area contributed by atoms with Gasteiger partial charge < -0.3 is 4.90 Å². The molecule has 1 aromatic carbocycles. The fourth-order valence-electron chi connectivity index (χ4n) is 2.79. The molecule has 0 saturated carbocycles. The lowest BCUT2D eigenvalue weighted by molar-refractivity contribution is 0.247. The molecule has 0 amide bonds. The summed E-state index contributed by atoms with van der Waals surface area (Å²) in [6.07, 6.45) is 1.88. The summed E-state index contributed by atoms with van der Waals surface area (Å²) in [6.45, 7) is 5.16. The maximum atomic E-state index is 4.80. The number of benzene rings is 1. The number of aromatic nitrogens is 2. The number of thiazole rings is 2. The molecule has 4 nitrogen and oxygen atoms in total. The molecule has 1 fully saturated rings. The van der Waals surface area contributed by atoms with Crippen LogP contribution in [0.25, 0.3) is 10.6 Å². The molecule has 118 valence electrons. The van der Waals surface area contributed by atoms with Crippen molar-refractivity contribution in [3.63, 3.8) is 0 Å². The highest BCUT2D eigenvalue weighted by Crippen LogP contribution is 2.24. The Balaban J connectivity index is 1.36. The van der Waals surface area contributed by atoms with E-state index in [0.29, 0.717) is 0 Å². The Morgan fingerprint density at radius 1 is 1.00 bits per heavy atom. The molecule has 0 aliphatic carbocycles. The lowest BCUT2D eigenvalue weighted by Crippen LogP contribution is -2.45. The average molecular weight is 342 g/mol. The van der Waals surface area contributed by atoms with Crippen molar-refractivity contribution in [1.29, 1.82) is 0 Å². The highest BCUT2D eigenvalue weighted by atomic mass is 32.1. The Hall–Kier alpha value is -1.76. The number of anilines is 1. The van der Waals surface area contributed by atoms with E-state index in [-0.39, 0.29) is 0 Å². The SMILES string of the molecule is c1ccc(-c2nc(CN3CCN(c4nccs4)CC3)cs2)cc1. The van der Waals surface area contributed by atoms with E-state index in [1.807, 2.05) is 17.6 Å². The number of hydrogen-bond acceptors (Lipinski definition) is 6. The van der Waals surface area contributed by atoms with E-state index in [4.69, 9.17) is 4.98 Å². The molecule has 4 rings (SSSR count). The number of nitrogens with zero attached hydrogens (tertiary/aromatic N) is 4. The van der Waals surface area contributed by atoms with Crippen LogP contribution in [-0.4, -0.2) is 41.0 Å². The van der Waals surface area contributed by atoms with Crippen LogP contribution < -0.4 is 4.90 Å². The zero-order valence-corrected chi connectivity index (χ0v) is 14.4. The molecule has 0 unspecified atom stereocenters. The van der Waals surface area contributed by atoms with Crippen molar-refractivity contribution in [3.8, 4) is 10.6 Å². The van der Waals surface area contributed by atoms with E-state index in [1.165, 1.54) is 11.3 Å². The Kier molecular flexibility index (Phi) is 4.37. The summed E-state index contributed by atoms with van der Waals surface area (Å²) < 4.78 is 0. The van der Waals surface area contributed by atoms with Crippen LogP contribution in [0, 0.1) is 0 Å². The van der Waals surface area contributed by atoms with Gasteiger partial charge in [0.05, 0.1) is 5.69 Å². The van der Waals surface area contributed by atoms with E-state index in [0.717, 1.165) is 42.9 Å². The van der Waals surface area contributed by atoms with E-state index in [1.54, 1.807) is 22.7 Å². The van der Waals surface area contributed by atoms with Gasteiger partial charge in [0.25, 0.3) is 0 Å². The van der Waals surface area contributed by atoms with Crippen molar-refractivity contribution >= 4 is 27.8 Å². The summed E-state index contributed by atoms with van der Waals surface area (Å²) in [7, 11) is 0. The fraction of sp³-hybridized carbons (Fsp3) is 0.294. The molecule has 0 radical (unpaired) electrons. The fourth-order valence-corrected chi connectivity index (χ4v) is 4.31. The van der Waals surface area contributed by atoms with E-state index in [2.05, 4.69) is 44.4 Å². The van der Waals surface area contributed by atoms with Gasteiger partial charge in [-0.2, -0.15) is 0 Å². The standard InChI is InChI=1S/C17H18N4S2/c1-2-4-14(5-3-1)16-19-15(13-23-16)12-20-7-9-21(10-8-20)17-18-6-11-22-17/h1-6,11,13H,7-10,12H2. The molecule has 0 atom stereocenters. The smallest absolute Gasteiger partial charge is 0.185 e. The second-order valence-electron chi connectivity index (χ2n) is 5.59. The van der Waals surface area contributed by atoms with E-state index < -0.39 is 0 Å². The molecule has 1 saturated heterocycles. The van der Waals surface area contributed by atoms with Crippen molar-refractivity contribution in [2.75, 3.05) is 31.1 Å². The van der Waals surface area contributed by atoms with Crippen LogP contribution in [0.4, 0.5) is 5.13 Å². The Bertz CT molecular complexity index is 731. The topological polar surface area (TPSA) is 32.3 Å². The minimum atomic E-state index is 0.940. The third-order valence-electron chi connectivity index (χ3n) is 4.02. The molecule has 0 spiro atoms. The van der Waals surface area contributed by atoms with Crippen molar-refractivity contribution in [1.82, 2.24) is 14.9 Å². The average Bonchev–Trinajstić information content (AvgIpc) is 3.28. The Labute approximate surface area is 144 Å². The first kappa shape index (κ1) is 14.8. The van der Waals surface area contributed by atoms with Crippen molar-refractivity contribution in [3.05, 3.63) is 53.0 Å². The van der Waals surface area contributed by atoms with Gasteiger partial charge in [0, 0.05) is 55.2 Å². The normalized spacial score (nSPS) is 15.9. The summed E-state index contributed by atoms with van der Waals surface area (Å²) in [5.74, 6) is 0. The molecule has 23 heavy (non-hydrogen) atoms. The zero-order valence-electron chi connectivity index (χ0n) is 12.8. The third-order valence-corrected chi connectivity index (χ3v) is 5.79. The molecular weight excluding hydrogens is 324 g/mol. The van der Waals surface area contributed by atoms with Crippen LogP contribution in [0.3, 0.4) is 0 Å². The van der Waals surface area contributed by atoms with Gasteiger partial charge in [0.1, 0.15) is 5.01 Å². The van der Waals surface area contributed by atoms with Crippen LogP contribution >= 0.6 is 22.7 Å². The molecule has 6 heteroatoms. The van der Waals surface area contributed by atoms with Gasteiger partial charge in [-0.15, -0.1) is 22.7 Å². The monoisotopic (exact) mass is 342 g/mol. The van der Waals surface area contributed by atoms with Gasteiger partial charge in [-0.25, -0.2) is 9.97 Å². The first-order valence-corrected chi connectivity index (χ1v) is 9.51. The van der Waals surface area contributed by atoms with Crippen molar-refractivity contribution < 1.29 is 0 Å². The van der Waals surface area contributed by atoms with Crippen LogP contribution in [0.15, 0.2) is 47.3 Å². The third kappa shape index (κ3) is 3.44. The highest BCUT2D eigenvalue weighted by molar-refractivity contribution is 7.13. The minimum absolute atomic E-state index is 0.940. The second kappa shape index (κ2) is 6.78. The Morgan fingerprint density at radius 2 is 1.83 bits per heavy atom. The molecular formula is C17H18N4S2. The van der Waals surface area contributed by atoms with Gasteiger partial charge in [-0.1, -0.05) is 30.3 Å². The lowest BCUT2D eigenvalue weighted by Gasteiger charge is -2.34. The first-order valence-electron chi connectivity index (χ1n) is 7.75. The maximum absolute atomic E-state index is 4.80. The van der Waals surface area contributed by atoms with Crippen molar-refractivity contribution in [2.24, 2.45) is 0 Å². The highest BCUT2D eigenvalue weighted by Gasteiger charge is 2.19. The Morgan fingerprint density at radius 3 is 2.57 bits per heavy atom. The largest absolute Gasteiger partial charge is 0.346 e. The molecule has 2 aromatic heterocycles. The number of piperazine rings is 1. The molecule has 1 aliphatic heterocycles. The minimum Gasteiger partial charge on any atom is -0.346 e. The zero-order chi connectivity index (χ0) is 15.5. The molecule has 0 bridgehead atoms. The summed E-state index contributed by atoms with van der Waals surface area (Å²) in [5.41, 5.74) is 2.38. The van der Waals surface area contributed by atoms with Crippen LogP contribution in [0.2, 0.25) is 0 Å². The van der Waals surface area contributed by atoms with Crippen LogP contribution in [0.5, 0.6) is 0 Å². The van der Waals surface area contributed by atoms with E-state index in [9.17, 15) is 0 Å². The summed E-state index contributed by atoms with van der Waals surface area (Å²) in [6, 6.07) is 10.4. The molecule has 3 aromatic rings. The lowest BCUT2D eigenvalue weighted by atomic mass is 10.2. The number of rotatable bonds is 4. The predicted octanol–water partition coefficient (Wildman–Crippen LogP) is 3.59. The van der Waals surface area contributed by atoms with Gasteiger partial charge in [0.15, 0.2) is 5.13 Å². The van der Waals surface area contributed by atoms with Gasteiger partial charge in [-0.3, -0.25) is 4.90 Å². The van der Waals surface area contributed by atoms with Gasteiger partial charge in [0.2, 0.25) is 0 Å². The first-order chi connectivity index (χ1) is 11.4. The van der Waals surface area contributed by atoms with Crippen molar-refractivity contribution in [2.45, 2.75) is 6.54 Å². The summed E-state index contributed by atoms with van der Waals surface area (Å²) in [5, 5.41) is 6.49. The number of hydrogen-bond donors (Lipinski definition) is 0. The van der Waals surface area contributed by atoms with Crippen LogP contribution in [0.1, 0.15) is 5.69 Å². The van der Waals surface area contributed by atoms with Gasteiger partial charge >= 0.3 is 0 Å². The maximum Gasteiger partial charge on any atom is 0.185 e. The second-order valence-corrected chi connectivity index (χ2v) is 7.32. The van der Waals surface area contributed by atoms with Crippen LogP contribution in [-0.2, 0) is 6.54 Å². The molecule has 1 aliphatic rings. The quantitative estimate of drug-likeness (QED) is 0.725.